The van der Waals surface area contributed by atoms with Crippen molar-refractivity contribution in [2.75, 3.05) is 13.1 Å². The maximum atomic E-state index is 11.3. The molecule has 0 rings (SSSR count). The molecule has 0 aliphatic rings. The molecule has 0 atom stereocenters. The Morgan fingerprint density at radius 3 is 1.39 bits per heavy atom. The van der Waals surface area contributed by atoms with Gasteiger partial charge in [-0.2, -0.15) is 0 Å². The minimum absolute atomic E-state index is 0.257. The smallest absolute Gasteiger partial charge is 0.338 e. The first-order chi connectivity index (χ1) is 8.10. The van der Waals surface area contributed by atoms with Gasteiger partial charge in [0.1, 0.15) is 0 Å². The Kier molecular flexibility index (Phi) is 10.1. The third-order valence-electron chi connectivity index (χ3n) is 1.85. The third kappa shape index (κ3) is 15.5. The number of carbonyl (C=O) groups excluding carboxylic acids is 1. The van der Waals surface area contributed by atoms with Gasteiger partial charge in [0, 0.05) is 13.1 Å². The normalized spacial score (nSPS) is 12.3. The summed E-state index contributed by atoms with van der Waals surface area (Å²) in [5.41, 5.74) is 0. The summed E-state index contributed by atoms with van der Waals surface area (Å²) in [5.74, 6) is 0. The molecule has 0 spiro atoms. The quantitative estimate of drug-likeness (QED) is 0.348. The number of hydrogen-bond donors (Lipinski definition) is 2. The molecule has 0 aliphatic carbocycles. The Labute approximate surface area is 137 Å². The van der Waals surface area contributed by atoms with Gasteiger partial charge in [0.05, 0.1) is 0 Å². The van der Waals surface area contributed by atoms with E-state index in [9.17, 15) is 4.79 Å². The largest absolute Gasteiger partial charge is 0.341 e. The zero-order valence-electron chi connectivity index (χ0n) is 9.42. The van der Waals surface area contributed by atoms with Crippen molar-refractivity contribution >= 4 is 84.5 Å². The van der Waals surface area contributed by atoms with Crippen molar-refractivity contribution in [3.63, 3.8) is 0 Å². The highest BCUT2D eigenvalue weighted by Gasteiger charge is 2.24. The van der Waals surface area contributed by atoms with Gasteiger partial charge in [-0.3, -0.25) is 0 Å². The molecule has 0 aromatic rings. The van der Waals surface area contributed by atoms with Crippen molar-refractivity contribution < 1.29 is 4.79 Å². The highest BCUT2D eigenvalue weighted by atomic mass is 35.8. The fourth-order valence-corrected chi connectivity index (χ4v) is 4.60. The molecule has 0 aromatic carbocycles. The minimum Gasteiger partial charge on any atom is -0.338 e. The average Bonchev–Trinajstić information content (AvgIpc) is 2.17. The Balaban J connectivity index is 3.44. The van der Waals surface area contributed by atoms with Gasteiger partial charge >= 0.3 is 18.0 Å². The first kappa shape index (κ1) is 19.4. The molecule has 0 aromatic heterocycles. The molecular formula is C7H14Cl6N2OSi2. The van der Waals surface area contributed by atoms with E-state index in [0.717, 1.165) is 0 Å². The summed E-state index contributed by atoms with van der Waals surface area (Å²) in [5, 5.41) is 5.32. The summed E-state index contributed by atoms with van der Waals surface area (Å²) in [6.45, 7) is 0.956. The molecule has 0 saturated heterocycles. The Bertz CT molecular complexity index is 233. The summed E-state index contributed by atoms with van der Waals surface area (Å²) in [6.07, 6.45) is 1.30. The lowest BCUT2D eigenvalue weighted by Gasteiger charge is -2.10. The van der Waals surface area contributed by atoms with Gasteiger partial charge < -0.3 is 10.6 Å². The zero-order valence-corrected chi connectivity index (χ0v) is 16.0. The van der Waals surface area contributed by atoms with E-state index in [1.807, 2.05) is 0 Å². The molecule has 0 heterocycles. The van der Waals surface area contributed by atoms with E-state index in [1.54, 1.807) is 0 Å². The maximum absolute atomic E-state index is 11.3. The number of hydrogen-bond acceptors (Lipinski definition) is 1. The van der Waals surface area contributed by atoms with Crippen molar-refractivity contribution in [3.8, 4) is 0 Å². The van der Waals surface area contributed by atoms with Gasteiger partial charge in [0.2, 0.25) is 0 Å². The number of nitrogens with one attached hydrogen (secondary N) is 2. The minimum atomic E-state index is -2.58. The van der Waals surface area contributed by atoms with Crippen LogP contribution in [0.4, 0.5) is 4.79 Å². The molecule has 2 amide bonds. The van der Waals surface area contributed by atoms with E-state index in [2.05, 4.69) is 10.6 Å². The van der Waals surface area contributed by atoms with Crippen LogP contribution in [0, 0.1) is 0 Å². The van der Waals surface area contributed by atoms with Crippen LogP contribution in [0.5, 0.6) is 0 Å². The molecule has 108 valence electrons. The van der Waals surface area contributed by atoms with E-state index < -0.39 is 12.0 Å². The molecule has 0 saturated carbocycles. The fraction of sp³-hybridized carbons (Fsp3) is 0.857. The number of urea groups is 1. The second-order valence-corrected chi connectivity index (χ2v) is 22.2. The summed E-state index contributed by atoms with van der Waals surface area (Å²) < 4.78 is 0. The van der Waals surface area contributed by atoms with Crippen LogP contribution in [0.2, 0.25) is 12.1 Å². The fourth-order valence-electron chi connectivity index (χ4n) is 1.04. The lowest BCUT2D eigenvalue weighted by atomic mass is 10.4. The number of rotatable bonds is 8. The Morgan fingerprint density at radius 2 is 1.11 bits per heavy atom. The van der Waals surface area contributed by atoms with E-state index >= 15 is 0 Å². The van der Waals surface area contributed by atoms with Crippen molar-refractivity contribution in [3.05, 3.63) is 0 Å². The molecule has 0 unspecified atom stereocenters. The Hall–Kier alpha value is 1.44. The lowest BCUT2D eigenvalue weighted by molar-refractivity contribution is 0.241. The van der Waals surface area contributed by atoms with Gasteiger partial charge in [0.25, 0.3) is 0 Å². The van der Waals surface area contributed by atoms with E-state index in [1.165, 1.54) is 0 Å². The summed E-state index contributed by atoms with van der Waals surface area (Å²) in [7, 11) is 0. The number of halogens is 6. The summed E-state index contributed by atoms with van der Waals surface area (Å²) in [6, 6.07) is -4.36. The van der Waals surface area contributed by atoms with E-state index in [4.69, 9.17) is 66.5 Å². The molecule has 11 heteroatoms. The molecular weight excluding hydrogens is 397 g/mol. The van der Waals surface area contributed by atoms with Gasteiger partial charge in [-0.25, -0.2) is 4.79 Å². The van der Waals surface area contributed by atoms with Gasteiger partial charge in [-0.1, -0.05) is 0 Å². The molecule has 2 N–H and O–H groups in total. The van der Waals surface area contributed by atoms with Gasteiger partial charge in [0.15, 0.2) is 0 Å². The predicted molar refractivity (Wildman–Crippen MR) is 86.9 cm³/mol. The van der Waals surface area contributed by atoms with Crippen LogP contribution in [0.25, 0.3) is 0 Å². The Morgan fingerprint density at radius 1 is 0.778 bits per heavy atom. The summed E-state index contributed by atoms with van der Waals surface area (Å²) in [4.78, 5) is 11.3. The second kappa shape index (κ2) is 9.39. The van der Waals surface area contributed by atoms with Crippen LogP contribution in [-0.4, -0.2) is 31.1 Å². The number of amides is 2. The molecule has 0 fully saturated rings. The second-order valence-electron chi connectivity index (χ2n) is 3.62. The maximum Gasteiger partial charge on any atom is 0.341 e. The first-order valence-corrected chi connectivity index (χ1v) is 15.7. The van der Waals surface area contributed by atoms with Gasteiger partial charge in [-0.05, 0) is 24.9 Å². The summed E-state index contributed by atoms with van der Waals surface area (Å²) >= 11 is 34.2. The van der Waals surface area contributed by atoms with Gasteiger partial charge in [-0.15, -0.1) is 66.5 Å². The van der Waals surface area contributed by atoms with Crippen LogP contribution in [0.3, 0.4) is 0 Å². The van der Waals surface area contributed by atoms with Crippen molar-refractivity contribution in [1.82, 2.24) is 10.6 Å². The van der Waals surface area contributed by atoms with Crippen LogP contribution in [0.1, 0.15) is 12.8 Å². The monoisotopic (exact) mass is 408 g/mol. The molecule has 18 heavy (non-hydrogen) atoms. The van der Waals surface area contributed by atoms with Crippen LogP contribution < -0.4 is 10.6 Å². The van der Waals surface area contributed by atoms with E-state index in [-0.39, 0.29) is 6.03 Å². The number of carbonyl (C=O) groups is 1. The first-order valence-electron chi connectivity index (χ1n) is 5.25. The van der Waals surface area contributed by atoms with Crippen LogP contribution >= 0.6 is 66.5 Å². The highest BCUT2D eigenvalue weighted by molar-refractivity contribution is 7.65. The molecule has 0 aliphatic heterocycles. The molecule has 3 nitrogen and oxygen atoms in total. The van der Waals surface area contributed by atoms with Crippen molar-refractivity contribution in [2.24, 2.45) is 0 Å². The van der Waals surface area contributed by atoms with Crippen LogP contribution in [-0.2, 0) is 0 Å². The highest BCUT2D eigenvalue weighted by Crippen LogP contribution is 2.26. The predicted octanol–water partition coefficient (Wildman–Crippen LogP) is 4.38. The molecule has 0 bridgehead atoms. The standard InChI is InChI=1S/C7H14Cl6N2OSi2/c8-17(9,10)5-1-3-14-7(16)15-4-2-6-18(11,12)13/h1-6H2,(H2,14,15,16). The van der Waals surface area contributed by atoms with Crippen molar-refractivity contribution in [1.29, 1.82) is 0 Å². The van der Waals surface area contributed by atoms with E-state index in [0.29, 0.717) is 38.0 Å². The lowest BCUT2D eigenvalue weighted by Crippen LogP contribution is -2.37. The topological polar surface area (TPSA) is 41.1 Å². The van der Waals surface area contributed by atoms with Crippen LogP contribution in [0.15, 0.2) is 0 Å². The van der Waals surface area contributed by atoms with Crippen molar-refractivity contribution in [2.45, 2.75) is 24.9 Å². The average molecular weight is 411 g/mol. The SMILES string of the molecule is O=C(NCCC[Si](Cl)(Cl)Cl)NCCC[Si](Cl)(Cl)Cl. The zero-order chi connectivity index (χ0) is 14.2. The molecule has 0 radical (unpaired) electrons. The third-order valence-corrected chi connectivity index (χ3v) is 7.09.